The van der Waals surface area contributed by atoms with Crippen LogP contribution in [-0.4, -0.2) is 23.8 Å². The highest BCUT2D eigenvalue weighted by Crippen LogP contribution is 2.32. The maximum atomic E-state index is 13.6. The van der Waals surface area contributed by atoms with Crippen LogP contribution in [0.15, 0.2) is 63.5 Å². The molecule has 2 aromatic carbocycles. The van der Waals surface area contributed by atoms with Crippen molar-refractivity contribution in [1.82, 2.24) is 4.57 Å². The predicted octanol–water partition coefficient (Wildman–Crippen LogP) is 4.50. The molecular formula is C25H22Cl2N2O4S. The molecule has 1 aliphatic rings. The van der Waals surface area contributed by atoms with E-state index in [0.29, 0.717) is 36.4 Å². The lowest BCUT2D eigenvalue weighted by Gasteiger charge is -2.25. The van der Waals surface area contributed by atoms with Crippen LogP contribution in [0, 0.1) is 0 Å². The van der Waals surface area contributed by atoms with Gasteiger partial charge in [-0.25, -0.2) is 9.79 Å². The Kier molecular flexibility index (Phi) is 6.98. The third-order valence-electron chi connectivity index (χ3n) is 5.26. The molecule has 0 fully saturated rings. The third-order valence-corrected chi connectivity index (χ3v) is 6.98. The summed E-state index contributed by atoms with van der Waals surface area (Å²) >= 11 is 13.4. The van der Waals surface area contributed by atoms with Gasteiger partial charge in [0, 0.05) is 0 Å². The smallest absolute Gasteiger partial charge is 0.338 e. The van der Waals surface area contributed by atoms with Gasteiger partial charge in [-0.05, 0) is 62.2 Å². The number of thiazole rings is 1. The fraction of sp³-hybridized carbons (Fsp3) is 0.240. The van der Waals surface area contributed by atoms with Gasteiger partial charge in [-0.15, -0.1) is 0 Å². The Morgan fingerprint density at radius 2 is 1.85 bits per heavy atom. The van der Waals surface area contributed by atoms with Gasteiger partial charge in [0.25, 0.3) is 5.56 Å². The largest absolute Gasteiger partial charge is 0.497 e. The van der Waals surface area contributed by atoms with Gasteiger partial charge in [-0.1, -0.05) is 52.7 Å². The van der Waals surface area contributed by atoms with E-state index >= 15 is 0 Å². The molecule has 1 aliphatic heterocycles. The molecule has 0 spiro atoms. The fourth-order valence-electron chi connectivity index (χ4n) is 3.72. The number of esters is 1. The molecule has 0 amide bonds. The Morgan fingerprint density at radius 3 is 2.47 bits per heavy atom. The summed E-state index contributed by atoms with van der Waals surface area (Å²) in [5.74, 6) is 0.165. The zero-order chi connectivity index (χ0) is 24.6. The van der Waals surface area contributed by atoms with E-state index in [1.165, 1.54) is 11.3 Å². The van der Waals surface area contributed by atoms with Crippen LogP contribution in [0.25, 0.3) is 6.08 Å². The first-order valence-corrected chi connectivity index (χ1v) is 12.1. The summed E-state index contributed by atoms with van der Waals surface area (Å²) in [7, 11) is 1.58. The van der Waals surface area contributed by atoms with Crippen molar-refractivity contribution in [3.05, 3.63) is 94.6 Å². The lowest BCUT2D eigenvalue weighted by molar-refractivity contribution is -0.143. The lowest BCUT2D eigenvalue weighted by Crippen LogP contribution is -2.40. The number of aromatic nitrogens is 1. The Morgan fingerprint density at radius 1 is 1.15 bits per heavy atom. The number of hydrogen-bond donors (Lipinski definition) is 0. The summed E-state index contributed by atoms with van der Waals surface area (Å²) in [5.41, 5.74) is 2.04. The Hall–Kier alpha value is -2.87. The SMILES string of the molecule is COc1ccc([C@@H]2C(C(=O)OC(C)C)=C(C)N=c3s/c(=C\c4ccc(Cl)c(Cl)c4)c(=O)n32)cc1. The topological polar surface area (TPSA) is 69.9 Å². The van der Waals surface area contributed by atoms with Gasteiger partial charge in [0.05, 0.1) is 45.1 Å². The van der Waals surface area contributed by atoms with Crippen molar-refractivity contribution in [2.45, 2.75) is 32.9 Å². The number of carbonyl (C=O) groups is 1. The molecule has 1 aromatic heterocycles. The predicted molar refractivity (Wildman–Crippen MR) is 134 cm³/mol. The van der Waals surface area contributed by atoms with Crippen LogP contribution in [0.4, 0.5) is 0 Å². The zero-order valence-corrected chi connectivity index (χ0v) is 21.3. The van der Waals surface area contributed by atoms with Gasteiger partial charge < -0.3 is 9.47 Å². The second-order valence-electron chi connectivity index (χ2n) is 7.98. The minimum absolute atomic E-state index is 0.266. The summed E-state index contributed by atoms with van der Waals surface area (Å²) in [6, 6.07) is 11.7. The minimum atomic E-state index is -0.690. The highest BCUT2D eigenvalue weighted by Gasteiger charge is 2.33. The van der Waals surface area contributed by atoms with Gasteiger partial charge in [-0.2, -0.15) is 0 Å². The van der Waals surface area contributed by atoms with E-state index in [2.05, 4.69) is 4.99 Å². The summed E-state index contributed by atoms with van der Waals surface area (Å²) in [6.45, 7) is 5.31. The van der Waals surface area contributed by atoms with Crippen LogP contribution in [-0.2, 0) is 9.53 Å². The van der Waals surface area contributed by atoms with Crippen molar-refractivity contribution in [1.29, 1.82) is 0 Å². The number of allylic oxidation sites excluding steroid dienone is 1. The van der Waals surface area contributed by atoms with Crippen LogP contribution in [0.5, 0.6) is 5.75 Å². The number of fused-ring (bicyclic) bond motifs is 1. The van der Waals surface area contributed by atoms with E-state index in [4.69, 9.17) is 32.7 Å². The van der Waals surface area contributed by atoms with E-state index < -0.39 is 12.0 Å². The molecule has 2 heterocycles. The van der Waals surface area contributed by atoms with Gasteiger partial charge in [-0.3, -0.25) is 9.36 Å². The molecule has 3 aromatic rings. The molecular weight excluding hydrogens is 495 g/mol. The molecule has 0 unspecified atom stereocenters. The summed E-state index contributed by atoms with van der Waals surface area (Å²) < 4.78 is 12.8. The number of hydrogen-bond acceptors (Lipinski definition) is 6. The fourth-order valence-corrected chi connectivity index (χ4v) is 5.07. The molecule has 0 saturated carbocycles. The molecule has 176 valence electrons. The number of methoxy groups -OCH3 is 1. The Balaban J connectivity index is 1.93. The first kappa shape index (κ1) is 24.3. The number of halogens is 2. The summed E-state index contributed by atoms with van der Waals surface area (Å²) in [6.07, 6.45) is 1.42. The number of rotatable bonds is 5. The van der Waals surface area contributed by atoms with Gasteiger partial charge in [0.15, 0.2) is 4.80 Å². The normalized spacial score (nSPS) is 15.9. The average molecular weight is 517 g/mol. The number of carbonyl (C=O) groups excluding carboxylic acids is 1. The van der Waals surface area contributed by atoms with E-state index in [1.807, 2.05) is 12.1 Å². The van der Waals surface area contributed by atoms with E-state index in [-0.39, 0.29) is 11.7 Å². The highest BCUT2D eigenvalue weighted by atomic mass is 35.5. The molecule has 0 N–H and O–H groups in total. The monoisotopic (exact) mass is 516 g/mol. The van der Waals surface area contributed by atoms with Crippen molar-refractivity contribution in [3.63, 3.8) is 0 Å². The third kappa shape index (κ3) is 4.69. The van der Waals surface area contributed by atoms with Crippen LogP contribution < -0.4 is 19.6 Å². The second-order valence-corrected chi connectivity index (χ2v) is 9.81. The van der Waals surface area contributed by atoms with Gasteiger partial charge in [0.1, 0.15) is 5.75 Å². The maximum Gasteiger partial charge on any atom is 0.338 e. The van der Waals surface area contributed by atoms with Crippen molar-refractivity contribution < 1.29 is 14.3 Å². The molecule has 6 nitrogen and oxygen atoms in total. The zero-order valence-electron chi connectivity index (χ0n) is 19.0. The minimum Gasteiger partial charge on any atom is -0.497 e. The first-order valence-electron chi connectivity index (χ1n) is 10.5. The van der Waals surface area contributed by atoms with Gasteiger partial charge in [0.2, 0.25) is 0 Å². The molecule has 0 radical (unpaired) electrons. The van der Waals surface area contributed by atoms with Crippen LogP contribution in [0.3, 0.4) is 0 Å². The lowest BCUT2D eigenvalue weighted by atomic mass is 9.96. The van der Waals surface area contributed by atoms with E-state index in [0.717, 1.165) is 11.1 Å². The highest BCUT2D eigenvalue weighted by molar-refractivity contribution is 7.07. The maximum absolute atomic E-state index is 13.6. The number of benzene rings is 2. The quantitative estimate of drug-likeness (QED) is 0.468. The van der Waals surface area contributed by atoms with Crippen molar-refractivity contribution >= 4 is 46.6 Å². The average Bonchev–Trinajstić information content (AvgIpc) is 3.09. The number of ether oxygens (including phenoxy) is 2. The standard InChI is InChI=1S/C25H22Cl2N2O4S/c1-13(2)33-24(31)21-14(3)28-25-29(22(21)16-6-8-17(32-4)9-7-16)23(30)20(34-25)12-15-5-10-18(26)19(27)11-15/h5-13,22H,1-4H3/b20-12-/t22-/m1/s1. The van der Waals surface area contributed by atoms with Crippen molar-refractivity contribution in [3.8, 4) is 5.75 Å². The van der Waals surface area contributed by atoms with Crippen LogP contribution in [0.2, 0.25) is 10.0 Å². The van der Waals surface area contributed by atoms with Crippen LogP contribution >= 0.6 is 34.5 Å². The number of nitrogens with zero attached hydrogens (tertiary/aromatic N) is 2. The van der Waals surface area contributed by atoms with Gasteiger partial charge >= 0.3 is 5.97 Å². The Bertz CT molecular complexity index is 1470. The Labute approximate surface area is 210 Å². The van der Waals surface area contributed by atoms with E-state index in [9.17, 15) is 9.59 Å². The second kappa shape index (κ2) is 9.78. The first-order chi connectivity index (χ1) is 16.2. The molecule has 0 aliphatic carbocycles. The summed E-state index contributed by atoms with van der Waals surface area (Å²) in [5, 5.41) is 0.831. The molecule has 9 heteroatoms. The van der Waals surface area contributed by atoms with Crippen LogP contribution in [0.1, 0.15) is 37.9 Å². The molecule has 34 heavy (non-hydrogen) atoms. The van der Waals surface area contributed by atoms with Crippen molar-refractivity contribution in [2.24, 2.45) is 4.99 Å². The molecule has 1 atom stereocenters. The van der Waals surface area contributed by atoms with E-state index in [1.54, 1.807) is 68.9 Å². The molecule has 0 saturated heterocycles. The molecule has 4 rings (SSSR count). The summed E-state index contributed by atoms with van der Waals surface area (Å²) in [4.78, 5) is 31.8. The molecule has 0 bridgehead atoms. The van der Waals surface area contributed by atoms with Crippen molar-refractivity contribution in [2.75, 3.05) is 7.11 Å².